The van der Waals surface area contributed by atoms with Gasteiger partial charge in [0.1, 0.15) is 12.2 Å². The Morgan fingerprint density at radius 3 is 2.29 bits per heavy atom. The first kappa shape index (κ1) is 14.9. The molecule has 0 spiro atoms. The third-order valence-corrected chi connectivity index (χ3v) is 3.44. The molecule has 0 amide bonds. The molecular weight excluding hydrogens is 222 g/mol. The Bertz CT molecular complexity index is 215. The lowest BCUT2D eigenvalue weighted by Crippen LogP contribution is -2.60. The van der Waals surface area contributed by atoms with Crippen molar-refractivity contribution in [1.29, 1.82) is 0 Å². The van der Waals surface area contributed by atoms with Crippen molar-refractivity contribution in [3.8, 4) is 0 Å². The lowest BCUT2D eigenvalue weighted by Gasteiger charge is -2.38. The summed E-state index contributed by atoms with van der Waals surface area (Å²) < 4.78 is 0. The molecular formula is C12H25NO4. The van der Waals surface area contributed by atoms with Gasteiger partial charge in [-0.15, -0.1) is 0 Å². The molecule has 0 unspecified atom stereocenters. The average molecular weight is 247 g/mol. The molecule has 1 fully saturated rings. The normalized spacial score (nSPS) is 38.3. The summed E-state index contributed by atoms with van der Waals surface area (Å²) >= 11 is 0. The van der Waals surface area contributed by atoms with E-state index in [2.05, 4.69) is 12.2 Å². The van der Waals surface area contributed by atoms with Gasteiger partial charge in [-0.2, -0.15) is 0 Å². The van der Waals surface area contributed by atoms with Crippen LogP contribution in [0.2, 0.25) is 0 Å². The van der Waals surface area contributed by atoms with E-state index in [1.165, 1.54) is 12.8 Å². The number of nitrogens with one attached hydrogen (secondary N) is 1. The lowest BCUT2D eigenvalue weighted by atomic mass is 9.85. The van der Waals surface area contributed by atoms with Gasteiger partial charge in [0, 0.05) is 6.04 Å². The van der Waals surface area contributed by atoms with E-state index in [0.717, 1.165) is 19.4 Å². The fourth-order valence-electron chi connectivity index (χ4n) is 2.25. The standard InChI is InChI=1S/C12H25NO4/c1-2-3-4-5-6-13-8-7-9(14)11(16)12(17)10(8)15/h8-17H,2-7H2,1H3/t8-,9+,10-,11-,12-/m0/s1. The van der Waals surface area contributed by atoms with Gasteiger partial charge in [0.25, 0.3) is 0 Å². The molecule has 102 valence electrons. The Labute approximate surface area is 102 Å². The van der Waals surface area contributed by atoms with E-state index in [9.17, 15) is 20.4 Å². The van der Waals surface area contributed by atoms with Crippen LogP contribution in [0.1, 0.15) is 39.0 Å². The molecule has 5 heteroatoms. The molecule has 0 heterocycles. The number of rotatable bonds is 6. The summed E-state index contributed by atoms with van der Waals surface area (Å²) in [5.74, 6) is 0. The van der Waals surface area contributed by atoms with Crippen molar-refractivity contribution in [3.05, 3.63) is 0 Å². The zero-order valence-electron chi connectivity index (χ0n) is 10.4. The fraction of sp³-hybridized carbons (Fsp3) is 1.00. The molecule has 1 saturated carbocycles. The molecule has 1 aliphatic carbocycles. The minimum absolute atomic E-state index is 0.271. The number of aliphatic hydroxyl groups excluding tert-OH is 4. The zero-order valence-corrected chi connectivity index (χ0v) is 10.4. The van der Waals surface area contributed by atoms with E-state index in [0.29, 0.717) is 0 Å². The van der Waals surface area contributed by atoms with Crippen molar-refractivity contribution >= 4 is 0 Å². The maximum absolute atomic E-state index is 9.74. The topological polar surface area (TPSA) is 93.0 Å². The van der Waals surface area contributed by atoms with Crippen molar-refractivity contribution in [2.45, 2.75) is 69.5 Å². The van der Waals surface area contributed by atoms with Crippen LogP contribution in [0.15, 0.2) is 0 Å². The van der Waals surface area contributed by atoms with E-state index in [1.54, 1.807) is 0 Å². The summed E-state index contributed by atoms with van der Waals surface area (Å²) in [7, 11) is 0. The summed E-state index contributed by atoms with van der Waals surface area (Å²) in [6.45, 7) is 2.91. The van der Waals surface area contributed by atoms with Gasteiger partial charge in [0.05, 0.1) is 12.2 Å². The molecule has 0 aromatic carbocycles. The smallest absolute Gasteiger partial charge is 0.110 e. The summed E-state index contributed by atoms with van der Waals surface area (Å²) in [5.41, 5.74) is 0. The average Bonchev–Trinajstić information content (AvgIpc) is 2.32. The third kappa shape index (κ3) is 4.19. The minimum atomic E-state index is -1.27. The summed E-state index contributed by atoms with van der Waals surface area (Å²) in [6, 6.07) is -0.343. The second-order valence-corrected chi connectivity index (χ2v) is 4.90. The number of hydrogen-bond acceptors (Lipinski definition) is 5. The van der Waals surface area contributed by atoms with Gasteiger partial charge < -0.3 is 25.7 Å². The summed E-state index contributed by atoms with van der Waals surface area (Å²) in [4.78, 5) is 0. The minimum Gasteiger partial charge on any atom is -0.390 e. The van der Waals surface area contributed by atoms with E-state index in [-0.39, 0.29) is 12.5 Å². The quantitative estimate of drug-likeness (QED) is 0.403. The number of aliphatic hydroxyl groups is 4. The molecule has 0 bridgehead atoms. The van der Waals surface area contributed by atoms with Gasteiger partial charge in [-0.25, -0.2) is 0 Å². The van der Waals surface area contributed by atoms with Crippen LogP contribution in [0.5, 0.6) is 0 Å². The van der Waals surface area contributed by atoms with Crippen LogP contribution in [0.25, 0.3) is 0 Å². The lowest BCUT2D eigenvalue weighted by molar-refractivity contribution is -0.146. The van der Waals surface area contributed by atoms with Crippen molar-refractivity contribution < 1.29 is 20.4 Å². The summed E-state index contributed by atoms with van der Waals surface area (Å²) in [6.07, 6.45) is 0.296. The van der Waals surface area contributed by atoms with E-state index in [4.69, 9.17) is 0 Å². The number of unbranched alkanes of at least 4 members (excludes halogenated alkanes) is 3. The molecule has 1 rings (SSSR count). The van der Waals surface area contributed by atoms with Gasteiger partial charge >= 0.3 is 0 Å². The third-order valence-electron chi connectivity index (χ3n) is 3.44. The van der Waals surface area contributed by atoms with E-state index < -0.39 is 24.4 Å². The highest BCUT2D eigenvalue weighted by Gasteiger charge is 2.41. The van der Waals surface area contributed by atoms with Crippen LogP contribution in [0.3, 0.4) is 0 Å². The van der Waals surface area contributed by atoms with Gasteiger partial charge in [0.2, 0.25) is 0 Å². The molecule has 1 aliphatic rings. The van der Waals surface area contributed by atoms with Gasteiger partial charge in [0.15, 0.2) is 0 Å². The Balaban J connectivity index is 2.28. The van der Waals surface area contributed by atoms with Gasteiger partial charge in [-0.3, -0.25) is 0 Å². The first-order chi connectivity index (χ1) is 8.07. The molecule has 5 nitrogen and oxygen atoms in total. The summed E-state index contributed by atoms with van der Waals surface area (Å²) in [5, 5.41) is 41.3. The van der Waals surface area contributed by atoms with Crippen molar-refractivity contribution in [2.24, 2.45) is 0 Å². The van der Waals surface area contributed by atoms with Crippen LogP contribution in [0, 0.1) is 0 Å². The van der Waals surface area contributed by atoms with Crippen molar-refractivity contribution in [3.63, 3.8) is 0 Å². The highest BCUT2D eigenvalue weighted by molar-refractivity contribution is 4.95. The second-order valence-electron chi connectivity index (χ2n) is 4.90. The zero-order chi connectivity index (χ0) is 12.8. The van der Waals surface area contributed by atoms with Crippen molar-refractivity contribution in [2.75, 3.05) is 6.54 Å². The Kier molecular flexibility index (Phi) is 6.37. The Morgan fingerprint density at radius 1 is 0.941 bits per heavy atom. The molecule has 0 aliphatic heterocycles. The highest BCUT2D eigenvalue weighted by atomic mass is 16.4. The van der Waals surface area contributed by atoms with Crippen LogP contribution in [-0.4, -0.2) is 57.4 Å². The molecule has 0 aromatic rings. The van der Waals surface area contributed by atoms with E-state index >= 15 is 0 Å². The monoisotopic (exact) mass is 247 g/mol. The second kappa shape index (κ2) is 7.28. The maximum atomic E-state index is 9.74. The van der Waals surface area contributed by atoms with Crippen LogP contribution in [0.4, 0.5) is 0 Å². The highest BCUT2D eigenvalue weighted by Crippen LogP contribution is 2.20. The largest absolute Gasteiger partial charge is 0.390 e. The van der Waals surface area contributed by atoms with Crippen LogP contribution in [-0.2, 0) is 0 Å². The predicted octanol–water partition coefficient (Wildman–Crippen LogP) is -0.628. The Morgan fingerprint density at radius 2 is 1.65 bits per heavy atom. The molecule has 0 radical (unpaired) electrons. The SMILES string of the molecule is CCCCCCN[C@H]1C[C@@H](O)[C@H](O)[C@@H](O)[C@H]1O. The molecule has 0 aromatic heterocycles. The molecule has 5 atom stereocenters. The maximum Gasteiger partial charge on any atom is 0.110 e. The first-order valence-corrected chi connectivity index (χ1v) is 6.53. The molecule has 17 heavy (non-hydrogen) atoms. The molecule has 0 saturated heterocycles. The van der Waals surface area contributed by atoms with Crippen LogP contribution >= 0.6 is 0 Å². The number of hydrogen-bond donors (Lipinski definition) is 5. The first-order valence-electron chi connectivity index (χ1n) is 6.53. The van der Waals surface area contributed by atoms with Gasteiger partial charge in [-0.05, 0) is 19.4 Å². The van der Waals surface area contributed by atoms with Gasteiger partial charge in [-0.1, -0.05) is 26.2 Å². The van der Waals surface area contributed by atoms with Crippen LogP contribution < -0.4 is 5.32 Å². The fourth-order valence-corrected chi connectivity index (χ4v) is 2.25. The Hall–Kier alpha value is -0.200. The predicted molar refractivity (Wildman–Crippen MR) is 64.6 cm³/mol. The molecule has 5 N–H and O–H groups in total. The van der Waals surface area contributed by atoms with Crippen molar-refractivity contribution in [1.82, 2.24) is 5.32 Å². The van der Waals surface area contributed by atoms with E-state index in [1.807, 2.05) is 0 Å².